The zero-order valence-corrected chi connectivity index (χ0v) is 11.4. The van der Waals surface area contributed by atoms with E-state index in [1.807, 2.05) is 0 Å². The Labute approximate surface area is 103 Å². The lowest BCUT2D eigenvalue weighted by Gasteiger charge is -2.29. The second-order valence-electron chi connectivity index (χ2n) is 5.62. The Hall–Kier alpha value is -0.620. The van der Waals surface area contributed by atoms with E-state index in [1.54, 1.807) is 20.8 Å². The summed E-state index contributed by atoms with van der Waals surface area (Å²) in [5.74, 6) is -1.09. The molecule has 0 aliphatic heterocycles. The van der Waals surface area contributed by atoms with E-state index in [0.29, 0.717) is 25.7 Å². The van der Waals surface area contributed by atoms with E-state index in [4.69, 9.17) is 5.11 Å². The van der Waals surface area contributed by atoms with Gasteiger partial charge in [0.1, 0.15) is 0 Å². The monoisotopic (exact) mass is 263 g/mol. The van der Waals surface area contributed by atoms with Crippen molar-refractivity contribution in [2.24, 2.45) is 5.92 Å². The zero-order valence-electron chi connectivity index (χ0n) is 10.6. The smallest absolute Gasteiger partial charge is 0.306 e. The molecule has 1 saturated carbocycles. The lowest BCUT2D eigenvalue weighted by Crippen LogP contribution is -2.46. The topological polar surface area (TPSA) is 83.5 Å². The lowest BCUT2D eigenvalue weighted by molar-refractivity contribution is -0.142. The molecule has 0 radical (unpaired) electrons. The van der Waals surface area contributed by atoms with Crippen molar-refractivity contribution in [1.29, 1.82) is 0 Å². The minimum atomic E-state index is -3.33. The van der Waals surface area contributed by atoms with Gasteiger partial charge in [0.2, 0.25) is 10.0 Å². The van der Waals surface area contributed by atoms with Gasteiger partial charge in [0.15, 0.2) is 0 Å². The molecule has 5 nitrogen and oxygen atoms in total. The van der Waals surface area contributed by atoms with E-state index in [0.717, 1.165) is 0 Å². The molecule has 0 aromatic heterocycles. The zero-order chi connectivity index (χ0) is 13.3. The second kappa shape index (κ2) is 4.94. The summed E-state index contributed by atoms with van der Waals surface area (Å²) in [6.07, 6.45) is 2.30. The third-order valence-electron chi connectivity index (χ3n) is 3.20. The van der Waals surface area contributed by atoms with Gasteiger partial charge in [-0.15, -0.1) is 0 Å². The number of carboxylic acid groups (broad SMARTS) is 1. The largest absolute Gasteiger partial charge is 0.481 e. The molecule has 0 spiro atoms. The summed E-state index contributed by atoms with van der Waals surface area (Å²) in [6.45, 7) is 4.95. The maximum absolute atomic E-state index is 11.9. The fourth-order valence-electron chi connectivity index (χ4n) is 1.85. The Kier molecular flexibility index (Phi) is 4.19. The second-order valence-corrected chi connectivity index (χ2v) is 8.09. The quantitative estimate of drug-likeness (QED) is 0.805. The van der Waals surface area contributed by atoms with Crippen LogP contribution in [0.3, 0.4) is 0 Å². The van der Waals surface area contributed by atoms with Crippen molar-refractivity contribution < 1.29 is 18.3 Å². The highest BCUT2D eigenvalue weighted by atomic mass is 32.2. The number of aliphatic carboxylic acids is 1. The summed E-state index contributed by atoms with van der Waals surface area (Å²) >= 11 is 0. The third kappa shape index (κ3) is 3.67. The van der Waals surface area contributed by atoms with Gasteiger partial charge >= 0.3 is 5.97 Å². The minimum Gasteiger partial charge on any atom is -0.481 e. The van der Waals surface area contributed by atoms with Crippen LogP contribution in [0, 0.1) is 5.92 Å². The number of hydrogen-bond donors (Lipinski definition) is 2. The van der Waals surface area contributed by atoms with E-state index in [1.165, 1.54) is 0 Å². The fraction of sp³-hybridized carbons (Fsp3) is 0.909. The number of nitrogens with one attached hydrogen (secondary N) is 1. The standard InChI is InChI=1S/C11H21NO4S/c1-11(2,3)17(15,16)12-9-6-4-8(5-7-9)10(13)14/h8-9,12H,4-7H2,1-3H3,(H,13,14)/t8-,9-. The Bertz CT molecular complexity index is 375. The van der Waals surface area contributed by atoms with Crippen LogP contribution in [0.25, 0.3) is 0 Å². The van der Waals surface area contributed by atoms with Crippen molar-refractivity contribution in [2.75, 3.05) is 0 Å². The molecule has 6 heteroatoms. The van der Waals surface area contributed by atoms with Crippen LogP contribution in [0.2, 0.25) is 0 Å². The molecular formula is C11H21NO4S. The Morgan fingerprint density at radius 1 is 1.18 bits per heavy atom. The van der Waals surface area contributed by atoms with Crippen molar-refractivity contribution in [1.82, 2.24) is 4.72 Å². The van der Waals surface area contributed by atoms with Gasteiger partial charge in [0.05, 0.1) is 10.7 Å². The van der Waals surface area contributed by atoms with Crippen LogP contribution in [0.1, 0.15) is 46.5 Å². The molecule has 0 atom stereocenters. The molecule has 1 aliphatic rings. The summed E-state index contributed by atoms with van der Waals surface area (Å²) in [6, 6.07) is -0.116. The summed E-state index contributed by atoms with van der Waals surface area (Å²) in [7, 11) is -3.33. The van der Waals surface area contributed by atoms with Crippen LogP contribution in [0.4, 0.5) is 0 Å². The third-order valence-corrected chi connectivity index (χ3v) is 5.46. The lowest BCUT2D eigenvalue weighted by atomic mass is 9.87. The van der Waals surface area contributed by atoms with Gasteiger partial charge in [-0.3, -0.25) is 4.79 Å². The number of sulfonamides is 1. The minimum absolute atomic E-state index is 0.116. The first kappa shape index (κ1) is 14.4. The first-order chi connectivity index (χ1) is 7.63. The molecule has 0 bridgehead atoms. The molecule has 100 valence electrons. The van der Waals surface area contributed by atoms with Crippen molar-refractivity contribution in [3.05, 3.63) is 0 Å². The van der Waals surface area contributed by atoms with Gasteiger partial charge < -0.3 is 5.11 Å². The van der Waals surface area contributed by atoms with Gasteiger partial charge in [-0.2, -0.15) is 0 Å². The van der Waals surface area contributed by atoms with Gasteiger partial charge in [-0.25, -0.2) is 13.1 Å². The Balaban J connectivity index is 2.55. The molecule has 0 amide bonds. The molecule has 2 N–H and O–H groups in total. The predicted molar refractivity (Wildman–Crippen MR) is 65.2 cm³/mol. The van der Waals surface area contributed by atoms with Crippen molar-refractivity contribution in [3.63, 3.8) is 0 Å². The highest BCUT2D eigenvalue weighted by molar-refractivity contribution is 7.90. The van der Waals surface area contributed by atoms with Crippen LogP contribution in [-0.2, 0) is 14.8 Å². The molecular weight excluding hydrogens is 242 g/mol. The molecule has 0 unspecified atom stereocenters. The highest BCUT2D eigenvalue weighted by Crippen LogP contribution is 2.26. The van der Waals surface area contributed by atoms with Crippen LogP contribution in [0.15, 0.2) is 0 Å². The average molecular weight is 263 g/mol. The van der Waals surface area contributed by atoms with Crippen LogP contribution in [0.5, 0.6) is 0 Å². The van der Waals surface area contributed by atoms with Crippen LogP contribution >= 0.6 is 0 Å². The van der Waals surface area contributed by atoms with E-state index >= 15 is 0 Å². The number of hydrogen-bond acceptors (Lipinski definition) is 3. The van der Waals surface area contributed by atoms with Gasteiger partial charge in [0, 0.05) is 6.04 Å². The maximum Gasteiger partial charge on any atom is 0.306 e. The Morgan fingerprint density at radius 2 is 1.65 bits per heavy atom. The van der Waals surface area contributed by atoms with E-state index in [9.17, 15) is 13.2 Å². The summed E-state index contributed by atoms with van der Waals surface area (Å²) < 4.78 is 25.7. The summed E-state index contributed by atoms with van der Waals surface area (Å²) in [4.78, 5) is 10.8. The Morgan fingerprint density at radius 3 is 2.00 bits per heavy atom. The molecule has 0 saturated heterocycles. The van der Waals surface area contributed by atoms with Crippen molar-refractivity contribution >= 4 is 16.0 Å². The van der Waals surface area contributed by atoms with Crippen LogP contribution < -0.4 is 4.72 Å². The van der Waals surface area contributed by atoms with Gasteiger partial charge in [-0.1, -0.05) is 0 Å². The fourth-order valence-corrected chi connectivity index (χ4v) is 2.88. The van der Waals surface area contributed by atoms with Crippen molar-refractivity contribution in [2.45, 2.75) is 57.2 Å². The first-order valence-electron chi connectivity index (χ1n) is 5.88. The number of carbonyl (C=O) groups is 1. The van der Waals surface area contributed by atoms with E-state index in [-0.39, 0.29) is 12.0 Å². The maximum atomic E-state index is 11.9. The average Bonchev–Trinajstić information content (AvgIpc) is 2.16. The molecule has 0 heterocycles. The summed E-state index contributed by atoms with van der Waals surface area (Å²) in [5.41, 5.74) is 0. The molecule has 1 fully saturated rings. The van der Waals surface area contributed by atoms with E-state index in [2.05, 4.69) is 4.72 Å². The van der Waals surface area contributed by atoms with Crippen molar-refractivity contribution in [3.8, 4) is 0 Å². The molecule has 0 aromatic carbocycles. The molecule has 1 aliphatic carbocycles. The van der Waals surface area contributed by atoms with Gasteiger partial charge in [-0.05, 0) is 46.5 Å². The van der Waals surface area contributed by atoms with Crippen LogP contribution in [-0.4, -0.2) is 30.3 Å². The normalized spacial score (nSPS) is 26.8. The first-order valence-corrected chi connectivity index (χ1v) is 7.36. The predicted octanol–water partition coefficient (Wildman–Crippen LogP) is 1.35. The summed E-state index contributed by atoms with van der Waals surface area (Å²) in [5, 5.41) is 8.85. The molecule has 0 aromatic rings. The SMILES string of the molecule is CC(C)(C)S(=O)(=O)N[C@H]1CC[C@H](C(=O)O)CC1. The van der Waals surface area contributed by atoms with E-state index < -0.39 is 20.7 Å². The van der Waals surface area contributed by atoms with Gasteiger partial charge in [0.25, 0.3) is 0 Å². The molecule has 1 rings (SSSR count). The highest BCUT2D eigenvalue weighted by Gasteiger charge is 2.33. The number of rotatable bonds is 3. The molecule has 17 heavy (non-hydrogen) atoms. The number of carboxylic acids is 1.